The molecule has 18 heavy (non-hydrogen) atoms. The fourth-order valence-corrected chi connectivity index (χ4v) is 2.67. The molecule has 4 nitrogen and oxygen atoms in total. The van der Waals surface area contributed by atoms with Gasteiger partial charge in [-0.15, -0.1) is 0 Å². The minimum atomic E-state index is 0.0576. The van der Waals surface area contributed by atoms with Crippen LogP contribution in [0.25, 0.3) is 0 Å². The second kappa shape index (κ2) is 8.48. The minimum Gasteiger partial charge on any atom is -0.383 e. The van der Waals surface area contributed by atoms with E-state index in [-0.39, 0.29) is 11.9 Å². The number of amides is 1. The van der Waals surface area contributed by atoms with E-state index in [0.717, 1.165) is 5.92 Å². The average Bonchev–Trinajstić information content (AvgIpc) is 2.37. The minimum absolute atomic E-state index is 0.0576. The van der Waals surface area contributed by atoms with Gasteiger partial charge in [-0.25, -0.2) is 0 Å². The maximum atomic E-state index is 11.7. The Bertz CT molecular complexity index is 240. The Kier molecular flexibility index (Phi) is 7.28. The summed E-state index contributed by atoms with van der Waals surface area (Å²) in [5, 5.41) is 6.26. The van der Waals surface area contributed by atoms with Crippen molar-refractivity contribution in [3.05, 3.63) is 0 Å². The maximum Gasteiger partial charge on any atom is 0.234 e. The van der Waals surface area contributed by atoms with E-state index in [1.54, 1.807) is 7.11 Å². The number of hydrogen-bond donors (Lipinski definition) is 2. The first-order chi connectivity index (χ1) is 8.63. The number of methoxy groups -OCH3 is 1. The molecule has 4 heteroatoms. The molecule has 0 radical (unpaired) electrons. The first-order valence-electron chi connectivity index (χ1n) is 7.15. The zero-order valence-corrected chi connectivity index (χ0v) is 12.0. The van der Waals surface area contributed by atoms with Crippen LogP contribution in [0.1, 0.15) is 46.0 Å². The molecule has 0 saturated heterocycles. The fraction of sp³-hybridized carbons (Fsp3) is 0.929. The Labute approximate surface area is 111 Å². The van der Waals surface area contributed by atoms with Gasteiger partial charge in [-0.1, -0.05) is 19.3 Å². The van der Waals surface area contributed by atoms with E-state index in [2.05, 4.69) is 17.6 Å². The van der Waals surface area contributed by atoms with Gasteiger partial charge in [-0.2, -0.15) is 0 Å². The van der Waals surface area contributed by atoms with Crippen LogP contribution in [0.4, 0.5) is 0 Å². The molecule has 1 fully saturated rings. The average molecular weight is 256 g/mol. The second-order valence-corrected chi connectivity index (χ2v) is 5.49. The van der Waals surface area contributed by atoms with Gasteiger partial charge in [-0.3, -0.25) is 4.79 Å². The predicted octanol–water partition coefficient (Wildman–Crippen LogP) is 1.70. The number of rotatable bonds is 7. The Morgan fingerprint density at radius 1 is 1.28 bits per heavy atom. The van der Waals surface area contributed by atoms with Gasteiger partial charge < -0.3 is 15.4 Å². The third kappa shape index (κ3) is 5.83. The van der Waals surface area contributed by atoms with Crippen LogP contribution in [-0.4, -0.2) is 38.3 Å². The molecule has 2 N–H and O–H groups in total. The lowest BCUT2D eigenvalue weighted by Crippen LogP contribution is -2.44. The van der Waals surface area contributed by atoms with Gasteiger partial charge in [-0.05, 0) is 32.6 Å². The molecule has 1 saturated carbocycles. The van der Waals surface area contributed by atoms with Crippen molar-refractivity contribution in [2.24, 2.45) is 5.92 Å². The van der Waals surface area contributed by atoms with Gasteiger partial charge >= 0.3 is 0 Å². The third-order valence-electron chi connectivity index (χ3n) is 3.77. The molecule has 2 atom stereocenters. The number of ether oxygens (including phenoxy) is 1. The van der Waals surface area contributed by atoms with Crippen LogP contribution in [0, 0.1) is 5.92 Å². The molecule has 0 spiro atoms. The molecule has 0 aromatic heterocycles. The molecule has 0 heterocycles. The molecule has 0 aromatic carbocycles. The molecule has 0 aromatic rings. The number of hydrogen-bond acceptors (Lipinski definition) is 3. The normalized spacial score (nSPS) is 20.4. The Morgan fingerprint density at radius 3 is 2.56 bits per heavy atom. The highest BCUT2D eigenvalue weighted by Gasteiger charge is 2.20. The highest BCUT2D eigenvalue weighted by molar-refractivity contribution is 5.78. The summed E-state index contributed by atoms with van der Waals surface area (Å²) in [4.78, 5) is 11.7. The summed E-state index contributed by atoms with van der Waals surface area (Å²) in [6, 6.07) is 0.517. The molecule has 1 aliphatic carbocycles. The summed E-state index contributed by atoms with van der Waals surface area (Å²) in [7, 11) is 1.64. The van der Waals surface area contributed by atoms with Crippen molar-refractivity contribution in [2.75, 3.05) is 20.3 Å². The number of nitrogens with one attached hydrogen (secondary N) is 2. The highest BCUT2D eigenvalue weighted by Crippen LogP contribution is 2.26. The van der Waals surface area contributed by atoms with Crippen molar-refractivity contribution in [3.63, 3.8) is 0 Å². The predicted molar refractivity (Wildman–Crippen MR) is 73.5 cm³/mol. The largest absolute Gasteiger partial charge is 0.383 e. The summed E-state index contributed by atoms with van der Waals surface area (Å²) in [6.07, 6.45) is 6.66. The SMILES string of the molecule is COCC(C)NC(=O)CN[C@H](C)C1CCCCC1. The van der Waals surface area contributed by atoms with Crippen molar-refractivity contribution in [1.82, 2.24) is 10.6 Å². The van der Waals surface area contributed by atoms with Crippen LogP contribution in [0.15, 0.2) is 0 Å². The van der Waals surface area contributed by atoms with Crippen molar-refractivity contribution < 1.29 is 9.53 Å². The number of carbonyl (C=O) groups excluding carboxylic acids is 1. The van der Waals surface area contributed by atoms with Gasteiger partial charge in [0, 0.05) is 19.2 Å². The van der Waals surface area contributed by atoms with Crippen LogP contribution >= 0.6 is 0 Å². The van der Waals surface area contributed by atoms with E-state index in [4.69, 9.17) is 4.74 Å². The monoisotopic (exact) mass is 256 g/mol. The summed E-state index contributed by atoms with van der Waals surface area (Å²) in [6.45, 7) is 5.11. The second-order valence-electron chi connectivity index (χ2n) is 5.49. The molecule has 1 amide bonds. The summed E-state index contributed by atoms with van der Waals surface area (Å²) >= 11 is 0. The van der Waals surface area contributed by atoms with Crippen LogP contribution in [0.2, 0.25) is 0 Å². The van der Waals surface area contributed by atoms with Gasteiger partial charge in [0.2, 0.25) is 5.91 Å². The Morgan fingerprint density at radius 2 is 1.94 bits per heavy atom. The van der Waals surface area contributed by atoms with Crippen molar-refractivity contribution in [3.8, 4) is 0 Å². The molecule has 1 rings (SSSR count). The standard InChI is InChI=1S/C14H28N2O2/c1-11(10-18-3)16-14(17)9-15-12(2)13-7-5-4-6-8-13/h11-13,15H,4-10H2,1-3H3,(H,16,17)/t11?,12-/m1/s1. The zero-order valence-electron chi connectivity index (χ0n) is 12.0. The quantitative estimate of drug-likeness (QED) is 0.729. The van der Waals surface area contributed by atoms with Crippen LogP contribution in [0.3, 0.4) is 0 Å². The molecule has 1 aliphatic rings. The topological polar surface area (TPSA) is 50.4 Å². The summed E-state index contributed by atoms with van der Waals surface area (Å²) in [5.41, 5.74) is 0. The van der Waals surface area contributed by atoms with Gasteiger partial charge in [0.25, 0.3) is 0 Å². The first-order valence-corrected chi connectivity index (χ1v) is 7.15. The molecule has 0 aliphatic heterocycles. The van der Waals surface area contributed by atoms with E-state index in [1.165, 1.54) is 32.1 Å². The van der Waals surface area contributed by atoms with E-state index in [9.17, 15) is 4.79 Å². The smallest absolute Gasteiger partial charge is 0.234 e. The molecular formula is C14H28N2O2. The lowest BCUT2D eigenvalue weighted by molar-refractivity contribution is -0.121. The maximum absolute atomic E-state index is 11.7. The fourth-order valence-electron chi connectivity index (χ4n) is 2.67. The van der Waals surface area contributed by atoms with Gasteiger partial charge in [0.1, 0.15) is 0 Å². The van der Waals surface area contributed by atoms with E-state index < -0.39 is 0 Å². The molecule has 1 unspecified atom stereocenters. The number of carbonyl (C=O) groups is 1. The van der Waals surface area contributed by atoms with E-state index in [1.807, 2.05) is 6.92 Å². The van der Waals surface area contributed by atoms with Crippen LogP contribution in [0.5, 0.6) is 0 Å². The highest BCUT2D eigenvalue weighted by atomic mass is 16.5. The summed E-state index contributed by atoms with van der Waals surface area (Å²) in [5.74, 6) is 0.796. The lowest BCUT2D eigenvalue weighted by Gasteiger charge is -2.28. The zero-order chi connectivity index (χ0) is 13.4. The lowest BCUT2D eigenvalue weighted by atomic mass is 9.84. The molecule has 0 bridgehead atoms. The van der Waals surface area contributed by atoms with Gasteiger partial charge in [0.05, 0.1) is 13.2 Å². The van der Waals surface area contributed by atoms with E-state index in [0.29, 0.717) is 19.2 Å². The van der Waals surface area contributed by atoms with Crippen LogP contribution < -0.4 is 10.6 Å². The van der Waals surface area contributed by atoms with Crippen molar-refractivity contribution in [2.45, 2.75) is 58.0 Å². The Balaban J connectivity index is 2.16. The van der Waals surface area contributed by atoms with Crippen molar-refractivity contribution >= 4 is 5.91 Å². The summed E-state index contributed by atoms with van der Waals surface area (Å²) < 4.78 is 4.99. The first kappa shape index (κ1) is 15.4. The van der Waals surface area contributed by atoms with Gasteiger partial charge in [0.15, 0.2) is 0 Å². The molecular weight excluding hydrogens is 228 g/mol. The third-order valence-corrected chi connectivity index (χ3v) is 3.77. The van der Waals surface area contributed by atoms with Crippen molar-refractivity contribution in [1.29, 1.82) is 0 Å². The molecule has 106 valence electrons. The van der Waals surface area contributed by atoms with Crippen LogP contribution in [-0.2, 0) is 9.53 Å². The Hall–Kier alpha value is -0.610. The van der Waals surface area contributed by atoms with E-state index >= 15 is 0 Å².